The van der Waals surface area contributed by atoms with Gasteiger partial charge in [0.1, 0.15) is 6.61 Å². The highest BCUT2D eigenvalue weighted by atomic mass is 19.4. The fourth-order valence-corrected chi connectivity index (χ4v) is 1.41. The number of hydrogen-bond donors (Lipinski definition) is 1. The highest BCUT2D eigenvalue weighted by Crippen LogP contribution is 2.14. The first-order chi connectivity index (χ1) is 8.51. The van der Waals surface area contributed by atoms with Crippen LogP contribution in [0.15, 0.2) is 12.5 Å². The van der Waals surface area contributed by atoms with Crippen molar-refractivity contribution in [1.29, 1.82) is 0 Å². The molecular weight excluding hydrogens is 247 g/mol. The molecule has 4 nitrogen and oxygen atoms in total. The van der Waals surface area contributed by atoms with Gasteiger partial charge in [-0.3, -0.25) is 0 Å². The van der Waals surface area contributed by atoms with Crippen LogP contribution in [0.5, 0.6) is 0 Å². The molecule has 0 saturated heterocycles. The van der Waals surface area contributed by atoms with Crippen LogP contribution in [0.3, 0.4) is 0 Å². The van der Waals surface area contributed by atoms with E-state index < -0.39 is 12.8 Å². The quantitative estimate of drug-likeness (QED) is 0.726. The molecule has 18 heavy (non-hydrogen) atoms. The van der Waals surface area contributed by atoms with Gasteiger partial charge in [-0.15, -0.1) is 0 Å². The first-order valence-electron chi connectivity index (χ1n) is 5.87. The molecule has 0 unspecified atom stereocenters. The summed E-state index contributed by atoms with van der Waals surface area (Å²) in [4.78, 5) is 4.16. The van der Waals surface area contributed by atoms with E-state index in [0.717, 1.165) is 25.2 Å². The summed E-state index contributed by atoms with van der Waals surface area (Å²) in [5, 5.41) is 3.18. The normalized spacial score (nSPS) is 12.0. The molecule has 0 radical (unpaired) electrons. The summed E-state index contributed by atoms with van der Waals surface area (Å²) in [6, 6.07) is 0. The second-order valence-corrected chi connectivity index (χ2v) is 3.87. The van der Waals surface area contributed by atoms with Gasteiger partial charge < -0.3 is 14.6 Å². The van der Waals surface area contributed by atoms with Crippen molar-refractivity contribution >= 4 is 0 Å². The maximum atomic E-state index is 11.8. The van der Waals surface area contributed by atoms with Crippen LogP contribution in [0.2, 0.25) is 0 Å². The van der Waals surface area contributed by atoms with Crippen LogP contribution >= 0.6 is 0 Å². The van der Waals surface area contributed by atoms with E-state index in [1.54, 1.807) is 10.9 Å². The second kappa shape index (κ2) is 7.38. The van der Waals surface area contributed by atoms with Crippen LogP contribution in [-0.4, -0.2) is 42.0 Å². The summed E-state index contributed by atoms with van der Waals surface area (Å²) >= 11 is 0. The minimum atomic E-state index is -4.26. The standard InChI is InChI=1S/C11H18F3N3O/c1-2-15-4-3-10-7-17(9-16-10)5-6-18-8-11(12,13)14/h7,9,15H,2-6,8H2,1H3. The summed E-state index contributed by atoms with van der Waals surface area (Å²) < 4.78 is 41.7. The lowest BCUT2D eigenvalue weighted by atomic mass is 10.3. The largest absolute Gasteiger partial charge is 0.411 e. The van der Waals surface area contributed by atoms with Crippen LogP contribution in [0.1, 0.15) is 12.6 Å². The van der Waals surface area contributed by atoms with Gasteiger partial charge in [-0.25, -0.2) is 4.98 Å². The molecule has 0 saturated carbocycles. The lowest BCUT2D eigenvalue weighted by molar-refractivity contribution is -0.174. The van der Waals surface area contributed by atoms with Crippen LogP contribution in [0, 0.1) is 0 Å². The third-order valence-corrected chi connectivity index (χ3v) is 2.25. The Bertz CT molecular complexity index is 339. The van der Waals surface area contributed by atoms with Gasteiger partial charge in [0.15, 0.2) is 0 Å². The number of imidazole rings is 1. The van der Waals surface area contributed by atoms with Crippen molar-refractivity contribution in [3.63, 3.8) is 0 Å². The van der Waals surface area contributed by atoms with Gasteiger partial charge in [-0.1, -0.05) is 6.92 Å². The fourth-order valence-electron chi connectivity index (χ4n) is 1.41. The van der Waals surface area contributed by atoms with E-state index in [1.807, 2.05) is 13.1 Å². The first kappa shape index (κ1) is 15.0. The van der Waals surface area contributed by atoms with Crippen molar-refractivity contribution in [2.45, 2.75) is 26.1 Å². The zero-order valence-corrected chi connectivity index (χ0v) is 10.3. The average molecular weight is 265 g/mol. The molecule has 1 heterocycles. The van der Waals surface area contributed by atoms with Crippen LogP contribution < -0.4 is 5.32 Å². The number of aromatic nitrogens is 2. The molecule has 0 atom stereocenters. The van der Waals surface area contributed by atoms with Gasteiger partial charge in [0.25, 0.3) is 0 Å². The van der Waals surface area contributed by atoms with Gasteiger partial charge in [0.05, 0.1) is 18.6 Å². The molecule has 0 aliphatic rings. The number of nitrogens with zero attached hydrogens (tertiary/aromatic N) is 2. The van der Waals surface area contributed by atoms with Gasteiger partial charge in [-0.2, -0.15) is 13.2 Å². The number of alkyl halides is 3. The van der Waals surface area contributed by atoms with Crippen molar-refractivity contribution in [1.82, 2.24) is 14.9 Å². The van der Waals surface area contributed by atoms with E-state index >= 15 is 0 Å². The Kier molecular flexibility index (Phi) is 6.14. The van der Waals surface area contributed by atoms with E-state index in [4.69, 9.17) is 0 Å². The number of nitrogens with one attached hydrogen (secondary N) is 1. The van der Waals surface area contributed by atoms with E-state index in [-0.39, 0.29) is 6.61 Å². The maximum absolute atomic E-state index is 11.8. The van der Waals surface area contributed by atoms with E-state index in [1.165, 1.54) is 0 Å². The molecule has 0 aromatic carbocycles. The lowest BCUT2D eigenvalue weighted by Gasteiger charge is -2.07. The zero-order valence-electron chi connectivity index (χ0n) is 10.3. The summed E-state index contributed by atoms with van der Waals surface area (Å²) in [7, 11) is 0. The van der Waals surface area contributed by atoms with Crippen LogP contribution in [0.4, 0.5) is 13.2 Å². The Morgan fingerprint density at radius 2 is 2.22 bits per heavy atom. The highest BCUT2D eigenvalue weighted by Gasteiger charge is 2.27. The van der Waals surface area contributed by atoms with Crippen molar-refractivity contribution < 1.29 is 17.9 Å². The van der Waals surface area contributed by atoms with Crippen molar-refractivity contribution in [2.24, 2.45) is 0 Å². The van der Waals surface area contributed by atoms with Crippen LogP contribution in [0.25, 0.3) is 0 Å². The summed E-state index contributed by atoms with van der Waals surface area (Å²) in [5.41, 5.74) is 0.923. The minimum Gasteiger partial charge on any atom is -0.370 e. The Hall–Kier alpha value is -1.08. The highest BCUT2D eigenvalue weighted by molar-refractivity contribution is 4.97. The predicted octanol–water partition coefficient (Wildman–Crippen LogP) is 1.61. The molecule has 0 fully saturated rings. The van der Waals surface area contributed by atoms with Crippen molar-refractivity contribution in [3.05, 3.63) is 18.2 Å². The monoisotopic (exact) mass is 265 g/mol. The Morgan fingerprint density at radius 1 is 1.44 bits per heavy atom. The van der Waals surface area contributed by atoms with E-state index in [0.29, 0.717) is 6.54 Å². The van der Waals surface area contributed by atoms with E-state index in [2.05, 4.69) is 15.0 Å². The third kappa shape index (κ3) is 6.61. The molecule has 0 aliphatic carbocycles. The number of likely N-dealkylation sites (N-methyl/N-ethyl adjacent to an activating group) is 1. The summed E-state index contributed by atoms with van der Waals surface area (Å²) in [5.74, 6) is 0. The molecule has 1 aromatic heterocycles. The number of rotatable bonds is 8. The molecule has 0 aliphatic heterocycles. The van der Waals surface area contributed by atoms with Crippen molar-refractivity contribution in [3.8, 4) is 0 Å². The lowest BCUT2D eigenvalue weighted by Crippen LogP contribution is -2.18. The molecule has 1 aromatic rings. The second-order valence-electron chi connectivity index (χ2n) is 3.87. The minimum absolute atomic E-state index is 0.0303. The van der Waals surface area contributed by atoms with Gasteiger partial charge in [-0.05, 0) is 6.54 Å². The summed E-state index contributed by atoms with van der Waals surface area (Å²) in [6.07, 6.45) is -0.0112. The zero-order chi connectivity index (χ0) is 13.4. The molecule has 0 amide bonds. The smallest absolute Gasteiger partial charge is 0.370 e. The predicted molar refractivity (Wildman–Crippen MR) is 61.3 cm³/mol. The van der Waals surface area contributed by atoms with Crippen LogP contribution in [-0.2, 0) is 17.7 Å². The van der Waals surface area contributed by atoms with Gasteiger partial charge in [0, 0.05) is 25.7 Å². The third-order valence-electron chi connectivity index (χ3n) is 2.25. The average Bonchev–Trinajstić information content (AvgIpc) is 2.72. The van der Waals surface area contributed by atoms with Gasteiger partial charge >= 0.3 is 6.18 Å². The summed E-state index contributed by atoms with van der Waals surface area (Å²) in [6.45, 7) is 2.99. The number of halogens is 3. The van der Waals surface area contributed by atoms with Gasteiger partial charge in [0.2, 0.25) is 0 Å². The number of ether oxygens (including phenoxy) is 1. The number of hydrogen-bond acceptors (Lipinski definition) is 3. The van der Waals surface area contributed by atoms with Crippen molar-refractivity contribution in [2.75, 3.05) is 26.3 Å². The molecule has 104 valence electrons. The Morgan fingerprint density at radius 3 is 2.89 bits per heavy atom. The first-order valence-corrected chi connectivity index (χ1v) is 5.87. The molecule has 7 heteroatoms. The topological polar surface area (TPSA) is 39.1 Å². The molecule has 1 rings (SSSR count). The fraction of sp³-hybridized carbons (Fsp3) is 0.727. The molecule has 0 spiro atoms. The SMILES string of the molecule is CCNCCc1cn(CCOCC(F)(F)F)cn1. The van der Waals surface area contributed by atoms with E-state index in [9.17, 15) is 13.2 Å². The Balaban J connectivity index is 2.19. The molecular formula is C11H18F3N3O. The Labute approximate surface area is 104 Å². The maximum Gasteiger partial charge on any atom is 0.411 e. The molecule has 0 bridgehead atoms. The molecule has 1 N–H and O–H groups in total.